The predicted molar refractivity (Wildman–Crippen MR) is 90.8 cm³/mol. The number of hydrogen-bond acceptors (Lipinski definition) is 6. The van der Waals surface area contributed by atoms with Gasteiger partial charge >= 0.3 is 0 Å². The van der Waals surface area contributed by atoms with Crippen molar-refractivity contribution in [2.24, 2.45) is 0 Å². The Morgan fingerprint density at radius 1 is 1.13 bits per heavy atom. The highest BCUT2D eigenvalue weighted by atomic mass is 35.5. The van der Waals surface area contributed by atoms with Gasteiger partial charge in [-0.25, -0.2) is 4.39 Å². The molecule has 1 aromatic carbocycles. The van der Waals surface area contributed by atoms with E-state index in [0.717, 1.165) is 19.6 Å². The first-order chi connectivity index (χ1) is 11.1. The minimum atomic E-state index is -0.340. The molecule has 0 fully saturated rings. The summed E-state index contributed by atoms with van der Waals surface area (Å²) in [6, 6.07) is 6.04. The van der Waals surface area contributed by atoms with Crippen LogP contribution in [-0.4, -0.2) is 46.0 Å². The lowest BCUT2D eigenvalue weighted by atomic mass is 10.3. The monoisotopic (exact) mass is 338 g/mol. The molecule has 1 aromatic heterocycles. The third-order valence-electron chi connectivity index (χ3n) is 3.29. The maximum Gasteiger partial charge on any atom is 0.233 e. The number of hydrogen-bond donors (Lipinski definition) is 2. The normalized spacial score (nSPS) is 10.8. The number of nitrogens with one attached hydrogen (secondary N) is 2. The van der Waals surface area contributed by atoms with Crippen LogP contribution in [0.1, 0.15) is 13.8 Å². The molecule has 0 spiro atoms. The Bertz CT molecular complexity index is 635. The van der Waals surface area contributed by atoms with Gasteiger partial charge in [-0.2, -0.15) is 15.0 Å². The summed E-state index contributed by atoms with van der Waals surface area (Å²) in [7, 11) is 0. The molecule has 0 amide bonds. The van der Waals surface area contributed by atoms with Gasteiger partial charge in [0.25, 0.3) is 0 Å². The molecule has 0 aliphatic rings. The largest absolute Gasteiger partial charge is 0.353 e. The van der Waals surface area contributed by atoms with E-state index in [1.165, 1.54) is 12.1 Å². The molecule has 2 aromatic rings. The molecule has 0 saturated heterocycles. The zero-order chi connectivity index (χ0) is 16.7. The van der Waals surface area contributed by atoms with Crippen molar-refractivity contribution >= 4 is 29.2 Å². The van der Waals surface area contributed by atoms with Crippen molar-refractivity contribution in [1.82, 2.24) is 19.9 Å². The highest BCUT2D eigenvalue weighted by Gasteiger charge is 2.06. The molecule has 0 saturated carbocycles. The standard InChI is InChI=1S/C15H20ClFN6/c1-3-23(4-2)9-8-18-14-20-13(16)21-15(22-14)19-12-7-5-6-11(17)10-12/h5-7,10H,3-4,8-9H2,1-2H3,(H2,18,19,20,21,22). The Labute approximate surface area is 140 Å². The molecule has 2 N–H and O–H groups in total. The molecule has 1 heterocycles. The highest BCUT2D eigenvalue weighted by molar-refractivity contribution is 6.28. The van der Waals surface area contributed by atoms with Crippen LogP contribution < -0.4 is 10.6 Å². The van der Waals surface area contributed by atoms with Crippen molar-refractivity contribution in [3.05, 3.63) is 35.4 Å². The van der Waals surface area contributed by atoms with Crippen LogP contribution in [0.2, 0.25) is 5.28 Å². The number of halogens is 2. The topological polar surface area (TPSA) is 66.0 Å². The number of rotatable bonds is 8. The molecule has 124 valence electrons. The fraction of sp³-hybridized carbons (Fsp3) is 0.400. The summed E-state index contributed by atoms with van der Waals surface area (Å²) < 4.78 is 13.2. The predicted octanol–water partition coefficient (Wildman–Crippen LogP) is 3.16. The van der Waals surface area contributed by atoms with Gasteiger partial charge in [-0.05, 0) is 42.9 Å². The molecule has 6 nitrogen and oxygen atoms in total. The Kier molecular flexibility index (Phi) is 6.49. The number of anilines is 3. The SMILES string of the molecule is CCN(CC)CCNc1nc(Cl)nc(Nc2cccc(F)c2)n1. The van der Waals surface area contributed by atoms with Crippen LogP contribution in [0.15, 0.2) is 24.3 Å². The molecule has 0 unspecified atom stereocenters. The summed E-state index contributed by atoms with van der Waals surface area (Å²) in [5.74, 6) is 0.310. The lowest BCUT2D eigenvalue weighted by Crippen LogP contribution is -2.29. The van der Waals surface area contributed by atoms with Gasteiger partial charge in [-0.1, -0.05) is 19.9 Å². The van der Waals surface area contributed by atoms with Crippen LogP contribution in [0.3, 0.4) is 0 Å². The van der Waals surface area contributed by atoms with E-state index in [1.54, 1.807) is 12.1 Å². The fourth-order valence-electron chi connectivity index (χ4n) is 2.05. The van der Waals surface area contributed by atoms with Crippen LogP contribution in [0.5, 0.6) is 0 Å². The Hall–Kier alpha value is -1.99. The number of likely N-dealkylation sites (N-methyl/N-ethyl adjacent to an activating group) is 1. The third kappa shape index (κ3) is 5.61. The van der Waals surface area contributed by atoms with Crippen molar-refractivity contribution in [2.75, 3.05) is 36.8 Å². The second-order valence-corrected chi connectivity index (χ2v) is 5.18. The summed E-state index contributed by atoms with van der Waals surface area (Å²) in [4.78, 5) is 14.6. The summed E-state index contributed by atoms with van der Waals surface area (Å²) >= 11 is 5.92. The van der Waals surface area contributed by atoms with E-state index in [0.29, 0.717) is 18.2 Å². The quantitative estimate of drug-likeness (QED) is 0.770. The van der Waals surface area contributed by atoms with Gasteiger partial charge < -0.3 is 15.5 Å². The molecule has 0 aliphatic heterocycles. The fourth-order valence-corrected chi connectivity index (χ4v) is 2.21. The summed E-state index contributed by atoms with van der Waals surface area (Å²) in [6.07, 6.45) is 0. The van der Waals surface area contributed by atoms with Gasteiger partial charge in [0.2, 0.25) is 17.2 Å². The Morgan fingerprint density at radius 3 is 2.57 bits per heavy atom. The first-order valence-electron chi connectivity index (χ1n) is 7.51. The van der Waals surface area contributed by atoms with Crippen LogP contribution in [0.4, 0.5) is 22.0 Å². The van der Waals surface area contributed by atoms with E-state index < -0.39 is 0 Å². The minimum Gasteiger partial charge on any atom is -0.353 e. The zero-order valence-electron chi connectivity index (χ0n) is 13.2. The lowest BCUT2D eigenvalue weighted by molar-refractivity contribution is 0.316. The smallest absolute Gasteiger partial charge is 0.233 e. The average Bonchev–Trinajstić information content (AvgIpc) is 2.51. The van der Waals surface area contributed by atoms with E-state index in [4.69, 9.17) is 11.6 Å². The molecule has 0 aliphatic carbocycles. The maximum absolute atomic E-state index is 13.2. The lowest BCUT2D eigenvalue weighted by Gasteiger charge is -2.18. The number of aromatic nitrogens is 3. The first kappa shape index (κ1) is 17.4. The van der Waals surface area contributed by atoms with Crippen LogP contribution in [0.25, 0.3) is 0 Å². The molecular weight excluding hydrogens is 319 g/mol. The maximum atomic E-state index is 13.2. The van der Waals surface area contributed by atoms with Crippen molar-refractivity contribution in [2.45, 2.75) is 13.8 Å². The van der Waals surface area contributed by atoms with E-state index in [2.05, 4.69) is 44.3 Å². The average molecular weight is 339 g/mol. The van der Waals surface area contributed by atoms with Gasteiger partial charge in [-0.15, -0.1) is 0 Å². The van der Waals surface area contributed by atoms with Gasteiger partial charge in [0, 0.05) is 18.8 Å². The van der Waals surface area contributed by atoms with E-state index in [9.17, 15) is 4.39 Å². The number of benzene rings is 1. The summed E-state index contributed by atoms with van der Waals surface area (Å²) in [6.45, 7) is 7.78. The molecular formula is C15H20ClFN6. The first-order valence-corrected chi connectivity index (χ1v) is 7.89. The number of nitrogens with zero attached hydrogens (tertiary/aromatic N) is 4. The molecule has 23 heavy (non-hydrogen) atoms. The Morgan fingerprint density at radius 2 is 1.87 bits per heavy atom. The van der Waals surface area contributed by atoms with E-state index in [-0.39, 0.29) is 17.0 Å². The zero-order valence-corrected chi connectivity index (χ0v) is 13.9. The Balaban J connectivity index is 2.01. The minimum absolute atomic E-state index is 0.0734. The van der Waals surface area contributed by atoms with Crippen molar-refractivity contribution < 1.29 is 4.39 Å². The molecule has 8 heteroatoms. The highest BCUT2D eigenvalue weighted by Crippen LogP contribution is 2.16. The molecule has 2 rings (SSSR count). The van der Waals surface area contributed by atoms with Crippen molar-refractivity contribution in [1.29, 1.82) is 0 Å². The van der Waals surface area contributed by atoms with Crippen LogP contribution in [-0.2, 0) is 0 Å². The molecule has 0 atom stereocenters. The summed E-state index contributed by atoms with van der Waals surface area (Å²) in [5.41, 5.74) is 0.543. The van der Waals surface area contributed by atoms with Crippen molar-refractivity contribution in [3.8, 4) is 0 Å². The van der Waals surface area contributed by atoms with Gasteiger partial charge in [-0.3, -0.25) is 0 Å². The van der Waals surface area contributed by atoms with E-state index in [1.807, 2.05) is 0 Å². The molecule has 0 bridgehead atoms. The van der Waals surface area contributed by atoms with Gasteiger partial charge in [0.05, 0.1) is 0 Å². The second-order valence-electron chi connectivity index (χ2n) is 4.84. The third-order valence-corrected chi connectivity index (χ3v) is 3.46. The second kappa shape index (κ2) is 8.59. The summed E-state index contributed by atoms with van der Waals surface area (Å²) in [5, 5.41) is 6.10. The molecule has 0 radical (unpaired) electrons. The van der Waals surface area contributed by atoms with Crippen LogP contribution in [0, 0.1) is 5.82 Å². The van der Waals surface area contributed by atoms with E-state index >= 15 is 0 Å². The van der Waals surface area contributed by atoms with Gasteiger partial charge in [0.1, 0.15) is 5.82 Å². The van der Waals surface area contributed by atoms with Crippen LogP contribution >= 0.6 is 11.6 Å². The van der Waals surface area contributed by atoms with Crippen molar-refractivity contribution in [3.63, 3.8) is 0 Å². The van der Waals surface area contributed by atoms with Gasteiger partial charge in [0.15, 0.2) is 0 Å².